The Morgan fingerprint density at radius 1 is 1.20 bits per heavy atom. The number of alkyl halides is 3. The smallest absolute Gasteiger partial charge is 0.416 e. The standard InChI is InChI=1S/C15H12F3NO/c1-3-10-4-5-14(20-2)12(8-10)13-9-11(6-7-19-13)15(16,17)18/h3-9H,1H2,2H3. The third-order valence-electron chi connectivity index (χ3n) is 2.82. The number of ether oxygens (including phenoxy) is 1. The molecule has 0 saturated heterocycles. The number of nitrogens with zero attached hydrogens (tertiary/aromatic N) is 1. The maximum absolute atomic E-state index is 12.7. The highest BCUT2D eigenvalue weighted by Crippen LogP contribution is 2.34. The molecule has 2 nitrogen and oxygen atoms in total. The van der Waals surface area contributed by atoms with Gasteiger partial charge >= 0.3 is 6.18 Å². The van der Waals surface area contributed by atoms with Crippen molar-refractivity contribution in [1.29, 1.82) is 0 Å². The van der Waals surface area contributed by atoms with E-state index >= 15 is 0 Å². The molecular formula is C15H12F3NO. The van der Waals surface area contributed by atoms with E-state index in [2.05, 4.69) is 11.6 Å². The molecule has 0 fully saturated rings. The predicted octanol–water partition coefficient (Wildman–Crippen LogP) is 4.42. The number of pyridine rings is 1. The summed E-state index contributed by atoms with van der Waals surface area (Å²) in [5, 5.41) is 0. The number of halogens is 3. The summed E-state index contributed by atoms with van der Waals surface area (Å²) < 4.78 is 43.4. The van der Waals surface area contributed by atoms with Gasteiger partial charge in [0.05, 0.1) is 18.4 Å². The van der Waals surface area contributed by atoms with Gasteiger partial charge in [-0.1, -0.05) is 18.7 Å². The fourth-order valence-electron chi connectivity index (χ4n) is 1.81. The van der Waals surface area contributed by atoms with Gasteiger partial charge in [-0.05, 0) is 29.8 Å². The normalized spacial score (nSPS) is 11.2. The first-order valence-electron chi connectivity index (χ1n) is 5.80. The number of aromatic nitrogens is 1. The molecule has 2 aromatic rings. The number of methoxy groups -OCH3 is 1. The molecular weight excluding hydrogens is 267 g/mol. The van der Waals surface area contributed by atoms with Gasteiger partial charge in [0.25, 0.3) is 0 Å². The number of benzene rings is 1. The summed E-state index contributed by atoms with van der Waals surface area (Å²) in [6, 6.07) is 7.07. The Balaban J connectivity index is 2.58. The van der Waals surface area contributed by atoms with E-state index in [1.165, 1.54) is 7.11 Å². The fourth-order valence-corrected chi connectivity index (χ4v) is 1.81. The van der Waals surface area contributed by atoms with Gasteiger partial charge in [0.15, 0.2) is 0 Å². The minimum Gasteiger partial charge on any atom is -0.496 e. The maximum Gasteiger partial charge on any atom is 0.416 e. The Bertz CT molecular complexity index is 635. The Hall–Kier alpha value is -2.30. The van der Waals surface area contributed by atoms with Crippen LogP contribution in [0.2, 0.25) is 0 Å². The second-order valence-corrected chi connectivity index (χ2v) is 4.09. The van der Waals surface area contributed by atoms with Crippen molar-refractivity contribution >= 4 is 6.08 Å². The minimum absolute atomic E-state index is 0.209. The van der Waals surface area contributed by atoms with E-state index in [1.807, 2.05) is 0 Å². The molecule has 0 amide bonds. The zero-order chi connectivity index (χ0) is 14.8. The molecule has 0 aliphatic rings. The van der Waals surface area contributed by atoms with Crippen molar-refractivity contribution in [2.75, 3.05) is 7.11 Å². The first-order valence-corrected chi connectivity index (χ1v) is 5.80. The highest BCUT2D eigenvalue weighted by atomic mass is 19.4. The number of hydrogen-bond donors (Lipinski definition) is 0. The van der Waals surface area contributed by atoms with Crippen molar-refractivity contribution < 1.29 is 17.9 Å². The van der Waals surface area contributed by atoms with E-state index in [1.54, 1.807) is 24.3 Å². The molecule has 0 spiro atoms. The lowest BCUT2D eigenvalue weighted by molar-refractivity contribution is -0.137. The number of rotatable bonds is 3. The Morgan fingerprint density at radius 3 is 2.55 bits per heavy atom. The molecule has 2 rings (SSSR count). The highest BCUT2D eigenvalue weighted by molar-refractivity contribution is 5.71. The quantitative estimate of drug-likeness (QED) is 0.829. The molecule has 0 saturated carbocycles. The topological polar surface area (TPSA) is 22.1 Å². The zero-order valence-corrected chi connectivity index (χ0v) is 10.7. The molecule has 1 aromatic carbocycles. The van der Waals surface area contributed by atoms with Gasteiger partial charge in [0, 0.05) is 11.8 Å². The Kier molecular flexibility index (Phi) is 3.79. The third-order valence-corrected chi connectivity index (χ3v) is 2.82. The molecule has 0 unspecified atom stereocenters. The van der Waals surface area contributed by atoms with E-state index in [4.69, 9.17) is 4.74 Å². The van der Waals surface area contributed by atoms with Gasteiger partial charge in [-0.2, -0.15) is 13.2 Å². The summed E-state index contributed by atoms with van der Waals surface area (Å²) in [6.07, 6.45) is -1.66. The van der Waals surface area contributed by atoms with Crippen LogP contribution >= 0.6 is 0 Å². The lowest BCUT2D eigenvalue weighted by Gasteiger charge is -2.11. The summed E-state index contributed by atoms with van der Waals surface area (Å²) >= 11 is 0. The summed E-state index contributed by atoms with van der Waals surface area (Å²) in [4.78, 5) is 3.99. The lowest BCUT2D eigenvalue weighted by Crippen LogP contribution is -2.05. The van der Waals surface area contributed by atoms with Gasteiger partial charge in [-0.15, -0.1) is 0 Å². The van der Waals surface area contributed by atoms with Gasteiger partial charge in [0.2, 0.25) is 0 Å². The fraction of sp³-hybridized carbons (Fsp3) is 0.133. The molecule has 0 aliphatic heterocycles. The third kappa shape index (κ3) is 2.82. The van der Waals surface area contributed by atoms with E-state index < -0.39 is 11.7 Å². The summed E-state index contributed by atoms with van der Waals surface area (Å²) in [5.74, 6) is 0.461. The second-order valence-electron chi connectivity index (χ2n) is 4.09. The van der Waals surface area contributed by atoms with E-state index in [9.17, 15) is 13.2 Å². The molecule has 0 bridgehead atoms. The molecule has 5 heteroatoms. The van der Waals surface area contributed by atoms with Gasteiger partial charge in [-0.3, -0.25) is 4.98 Å². The maximum atomic E-state index is 12.7. The highest BCUT2D eigenvalue weighted by Gasteiger charge is 2.31. The average Bonchev–Trinajstić information content (AvgIpc) is 2.45. The lowest BCUT2D eigenvalue weighted by atomic mass is 10.0. The van der Waals surface area contributed by atoms with Crippen LogP contribution in [-0.4, -0.2) is 12.1 Å². The average molecular weight is 279 g/mol. The van der Waals surface area contributed by atoms with Gasteiger partial charge in [0.1, 0.15) is 5.75 Å². The Labute approximate surface area is 114 Å². The van der Waals surface area contributed by atoms with Crippen molar-refractivity contribution in [2.24, 2.45) is 0 Å². The monoisotopic (exact) mass is 279 g/mol. The van der Waals surface area contributed by atoms with Crippen molar-refractivity contribution in [3.8, 4) is 17.0 Å². The molecule has 0 radical (unpaired) electrons. The predicted molar refractivity (Wildman–Crippen MR) is 71.3 cm³/mol. The molecule has 20 heavy (non-hydrogen) atoms. The first-order chi connectivity index (χ1) is 9.45. The van der Waals surface area contributed by atoms with Crippen molar-refractivity contribution in [1.82, 2.24) is 4.98 Å². The van der Waals surface area contributed by atoms with Crippen LogP contribution in [0.1, 0.15) is 11.1 Å². The summed E-state index contributed by atoms with van der Waals surface area (Å²) in [5.41, 5.74) is 0.741. The van der Waals surface area contributed by atoms with E-state index in [0.29, 0.717) is 11.3 Å². The van der Waals surface area contributed by atoms with Gasteiger partial charge in [-0.25, -0.2) is 0 Å². The van der Waals surface area contributed by atoms with Crippen LogP contribution in [0, 0.1) is 0 Å². The molecule has 0 aliphatic carbocycles. The number of hydrogen-bond acceptors (Lipinski definition) is 2. The van der Waals surface area contributed by atoms with Crippen LogP contribution in [0.5, 0.6) is 5.75 Å². The summed E-state index contributed by atoms with van der Waals surface area (Å²) in [6.45, 7) is 3.64. The van der Waals surface area contributed by atoms with Crippen molar-refractivity contribution in [3.05, 3.63) is 54.2 Å². The molecule has 1 aromatic heterocycles. The van der Waals surface area contributed by atoms with E-state index in [-0.39, 0.29) is 5.69 Å². The first kappa shape index (κ1) is 14.1. The van der Waals surface area contributed by atoms with Crippen LogP contribution < -0.4 is 4.74 Å². The van der Waals surface area contributed by atoms with Crippen molar-refractivity contribution in [3.63, 3.8) is 0 Å². The van der Waals surface area contributed by atoms with Crippen LogP contribution in [-0.2, 0) is 6.18 Å². The van der Waals surface area contributed by atoms with Crippen LogP contribution in [0.25, 0.3) is 17.3 Å². The minimum atomic E-state index is -4.40. The van der Waals surface area contributed by atoms with Crippen molar-refractivity contribution in [2.45, 2.75) is 6.18 Å². The summed E-state index contributed by atoms with van der Waals surface area (Å²) in [7, 11) is 1.46. The van der Waals surface area contributed by atoms with Crippen LogP contribution in [0.15, 0.2) is 43.1 Å². The SMILES string of the molecule is C=Cc1ccc(OC)c(-c2cc(C(F)(F)F)ccn2)c1. The van der Waals surface area contributed by atoms with Gasteiger partial charge < -0.3 is 4.74 Å². The van der Waals surface area contributed by atoms with E-state index in [0.717, 1.165) is 23.9 Å². The molecule has 104 valence electrons. The molecule has 1 heterocycles. The largest absolute Gasteiger partial charge is 0.496 e. The zero-order valence-electron chi connectivity index (χ0n) is 10.7. The van der Waals surface area contributed by atoms with Crippen LogP contribution in [0.4, 0.5) is 13.2 Å². The molecule has 0 atom stereocenters. The van der Waals surface area contributed by atoms with Crippen LogP contribution in [0.3, 0.4) is 0 Å². The molecule has 0 N–H and O–H groups in total. The second kappa shape index (κ2) is 5.36. The Morgan fingerprint density at radius 2 is 1.95 bits per heavy atom.